The first-order valence-electron chi connectivity index (χ1n) is 7.67. The van der Waals surface area contributed by atoms with Crippen molar-refractivity contribution >= 4 is 5.91 Å². The second-order valence-electron chi connectivity index (χ2n) is 6.46. The zero-order chi connectivity index (χ0) is 14.3. The van der Waals surface area contributed by atoms with E-state index in [4.69, 9.17) is 5.26 Å². The SMILES string of the molecule is CCCC1CCC(=O)N(CCCC(C)(C)C#N)CC1. The van der Waals surface area contributed by atoms with Gasteiger partial charge in [-0.2, -0.15) is 5.26 Å². The van der Waals surface area contributed by atoms with Crippen molar-refractivity contribution in [2.75, 3.05) is 13.1 Å². The number of amides is 1. The van der Waals surface area contributed by atoms with E-state index in [1.807, 2.05) is 18.7 Å². The first-order chi connectivity index (χ1) is 8.98. The van der Waals surface area contributed by atoms with Crippen molar-refractivity contribution in [3.63, 3.8) is 0 Å². The van der Waals surface area contributed by atoms with Crippen LogP contribution in [0.3, 0.4) is 0 Å². The van der Waals surface area contributed by atoms with Crippen LogP contribution in [0.25, 0.3) is 0 Å². The fraction of sp³-hybridized carbons (Fsp3) is 0.875. The Morgan fingerprint density at radius 3 is 2.79 bits per heavy atom. The second-order valence-corrected chi connectivity index (χ2v) is 6.46. The van der Waals surface area contributed by atoms with E-state index in [9.17, 15) is 4.79 Å². The molecule has 0 N–H and O–H groups in total. The summed E-state index contributed by atoms with van der Waals surface area (Å²) in [5, 5.41) is 8.99. The number of nitrogens with zero attached hydrogens (tertiary/aromatic N) is 2. The molecule has 19 heavy (non-hydrogen) atoms. The Balaban J connectivity index is 2.37. The highest BCUT2D eigenvalue weighted by molar-refractivity contribution is 5.76. The van der Waals surface area contributed by atoms with E-state index in [0.717, 1.165) is 44.7 Å². The van der Waals surface area contributed by atoms with Gasteiger partial charge >= 0.3 is 0 Å². The van der Waals surface area contributed by atoms with Gasteiger partial charge in [0.1, 0.15) is 0 Å². The summed E-state index contributed by atoms with van der Waals surface area (Å²) in [4.78, 5) is 14.1. The molecule has 3 heteroatoms. The number of hydrogen-bond acceptors (Lipinski definition) is 2. The van der Waals surface area contributed by atoms with Crippen molar-refractivity contribution in [1.82, 2.24) is 4.90 Å². The minimum absolute atomic E-state index is 0.264. The fourth-order valence-electron chi connectivity index (χ4n) is 2.79. The topological polar surface area (TPSA) is 44.1 Å². The molecule has 1 fully saturated rings. The molecule has 0 aromatic heterocycles. The van der Waals surface area contributed by atoms with Crippen molar-refractivity contribution in [2.24, 2.45) is 11.3 Å². The van der Waals surface area contributed by atoms with E-state index in [1.54, 1.807) is 0 Å². The van der Waals surface area contributed by atoms with Gasteiger partial charge in [0.15, 0.2) is 0 Å². The monoisotopic (exact) mass is 264 g/mol. The lowest BCUT2D eigenvalue weighted by molar-refractivity contribution is -0.130. The molecular formula is C16H28N2O. The van der Waals surface area contributed by atoms with Gasteiger partial charge in [0.25, 0.3) is 0 Å². The molecule has 0 bridgehead atoms. The molecule has 1 heterocycles. The number of hydrogen-bond donors (Lipinski definition) is 0. The predicted octanol–water partition coefficient (Wildman–Crippen LogP) is 3.75. The molecular weight excluding hydrogens is 236 g/mol. The Bertz CT molecular complexity index is 330. The summed E-state index contributed by atoms with van der Waals surface area (Å²) in [7, 11) is 0. The molecule has 1 aliphatic rings. The van der Waals surface area contributed by atoms with Crippen LogP contribution in [-0.4, -0.2) is 23.9 Å². The standard InChI is InChI=1S/C16H28N2O/c1-4-6-14-7-8-15(19)18(12-9-14)11-5-10-16(2,3)13-17/h14H,4-12H2,1-3H3. The van der Waals surface area contributed by atoms with Gasteiger partial charge in [-0.25, -0.2) is 0 Å². The quantitative estimate of drug-likeness (QED) is 0.733. The van der Waals surface area contributed by atoms with Gasteiger partial charge in [-0.05, 0) is 45.4 Å². The van der Waals surface area contributed by atoms with Crippen molar-refractivity contribution in [3.05, 3.63) is 0 Å². The smallest absolute Gasteiger partial charge is 0.222 e. The van der Waals surface area contributed by atoms with Gasteiger partial charge in [0.2, 0.25) is 5.91 Å². The maximum absolute atomic E-state index is 12.1. The number of nitriles is 1. The van der Waals surface area contributed by atoms with Gasteiger partial charge in [0, 0.05) is 19.5 Å². The first kappa shape index (κ1) is 16.0. The highest BCUT2D eigenvalue weighted by Gasteiger charge is 2.23. The molecule has 0 aromatic rings. The molecule has 1 rings (SSSR count). The predicted molar refractivity (Wildman–Crippen MR) is 77.5 cm³/mol. The Labute approximate surface area is 118 Å². The first-order valence-corrected chi connectivity index (χ1v) is 7.67. The van der Waals surface area contributed by atoms with Crippen molar-refractivity contribution in [2.45, 2.75) is 65.7 Å². The summed E-state index contributed by atoms with van der Waals surface area (Å²) in [5.74, 6) is 1.04. The fourth-order valence-corrected chi connectivity index (χ4v) is 2.79. The molecule has 0 aromatic carbocycles. The maximum Gasteiger partial charge on any atom is 0.222 e. The molecule has 0 spiro atoms. The minimum Gasteiger partial charge on any atom is -0.343 e. The van der Waals surface area contributed by atoms with Gasteiger partial charge < -0.3 is 4.90 Å². The van der Waals surface area contributed by atoms with E-state index >= 15 is 0 Å². The minimum atomic E-state index is -0.264. The maximum atomic E-state index is 12.1. The molecule has 1 amide bonds. The van der Waals surface area contributed by atoms with Crippen molar-refractivity contribution in [3.8, 4) is 6.07 Å². The Hall–Kier alpha value is -1.04. The van der Waals surface area contributed by atoms with E-state index in [-0.39, 0.29) is 5.41 Å². The number of carbonyl (C=O) groups is 1. The summed E-state index contributed by atoms with van der Waals surface area (Å²) >= 11 is 0. The summed E-state index contributed by atoms with van der Waals surface area (Å²) in [5.41, 5.74) is -0.264. The third-order valence-corrected chi connectivity index (χ3v) is 4.16. The Morgan fingerprint density at radius 1 is 1.42 bits per heavy atom. The van der Waals surface area contributed by atoms with Crippen LogP contribution in [-0.2, 0) is 4.79 Å². The lowest BCUT2D eigenvalue weighted by Crippen LogP contribution is -2.31. The van der Waals surface area contributed by atoms with Crippen molar-refractivity contribution < 1.29 is 4.79 Å². The summed E-state index contributed by atoms with van der Waals surface area (Å²) in [6.45, 7) is 7.89. The highest BCUT2D eigenvalue weighted by Crippen LogP contribution is 2.24. The second kappa shape index (κ2) is 7.53. The van der Waals surface area contributed by atoms with Crippen LogP contribution < -0.4 is 0 Å². The van der Waals surface area contributed by atoms with Gasteiger partial charge in [0.05, 0.1) is 11.5 Å². The average Bonchev–Trinajstić information content (AvgIpc) is 2.54. The molecule has 0 radical (unpaired) electrons. The number of likely N-dealkylation sites (tertiary alicyclic amines) is 1. The Morgan fingerprint density at radius 2 is 2.16 bits per heavy atom. The molecule has 0 aliphatic carbocycles. The van der Waals surface area contributed by atoms with Crippen LogP contribution in [0.2, 0.25) is 0 Å². The molecule has 1 unspecified atom stereocenters. The summed E-state index contributed by atoms with van der Waals surface area (Å²) < 4.78 is 0. The van der Waals surface area contributed by atoms with Crippen molar-refractivity contribution in [1.29, 1.82) is 5.26 Å². The molecule has 108 valence electrons. The summed E-state index contributed by atoms with van der Waals surface area (Å²) in [6.07, 6.45) is 7.20. The highest BCUT2D eigenvalue weighted by atomic mass is 16.2. The molecule has 1 aliphatic heterocycles. The third-order valence-electron chi connectivity index (χ3n) is 4.16. The lowest BCUT2D eigenvalue weighted by atomic mass is 9.90. The largest absolute Gasteiger partial charge is 0.343 e. The van der Waals surface area contributed by atoms with Crippen LogP contribution in [0.1, 0.15) is 65.7 Å². The third kappa shape index (κ3) is 5.63. The Kier molecular flexibility index (Phi) is 6.34. The number of carbonyl (C=O) groups excluding carboxylic acids is 1. The van der Waals surface area contributed by atoms with E-state index in [2.05, 4.69) is 13.0 Å². The summed E-state index contributed by atoms with van der Waals surface area (Å²) in [6, 6.07) is 2.32. The van der Waals surface area contributed by atoms with Crippen LogP contribution >= 0.6 is 0 Å². The van der Waals surface area contributed by atoms with Gasteiger partial charge in [-0.1, -0.05) is 19.8 Å². The van der Waals surface area contributed by atoms with Crippen LogP contribution in [0.15, 0.2) is 0 Å². The number of rotatable bonds is 6. The van der Waals surface area contributed by atoms with Gasteiger partial charge in [-0.3, -0.25) is 4.79 Å². The van der Waals surface area contributed by atoms with E-state index in [0.29, 0.717) is 12.3 Å². The zero-order valence-corrected chi connectivity index (χ0v) is 12.7. The van der Waals surface area contributed by atoms with Crippen LogP contribution in [0, 0.1) is 22.7 Å². The molecule has 1 saturated heterocycles. The molecule has 0 saturated carbocycles. The molecule has 1 atom stereocenters. The lowest BCUT2D eigenvalue weighted by Gasteiger charge is -2.23. The average molecular weight is 264 g/mol. The zero-order valence-electron chi connectivity index (χ0n) is 12.7. The normalized spacial score (nSPS) is 21.1. The van der Waals surface area contributed by atoms with E-state index < -0.39 is 0 Å². The van der Waals surface area contributed by atoms with Gasteiger partial charge in [-0.15, -0.1) is 0 Å². The van der Waals surface area contributed by atoms with E-state index in [1.165, 1.54) is 12.8 Å². The molecule has 3 nitrogen and oxygen atoms in total. The van der Waals surface area contributed by atoms with Crippen LogP contribution in [0.5, 0.6) is 0 Å². The van der Waals surface area contributed by atoms with Crippen LogP contribution in [0.4, 0.5) is 0 Å².